The molecule has 0 aliphatic carbocycles. The number of aryl methyl sites for hydroxylation is 1. The van der Waals surface area contributed by atoms with Crippen LogP contribution in [0.25, 0.3) is 0 Å². The minimum absolute atomic E-state index is 0.109. The third kappa shape index (κ3) is 2.33. The summed E-state index contributed by atoms with van der Waals surface area (Å²) < 4.78 is 12.4. The third-order valence-corrected chi connectivity index (χ3v) is 3.77. The molecular weight excluding hydrogens is 272 g/mol. The van der Waals surface area contributed by atoms with E-state index in [-0.39, 0.29) is 17.7 Å². The highest BCUT2D eigenvalue weighted by Gasteiger charge is 2.32. The normalized spacial score (nSPS) is 17.9. The molecule has 2 aromatic rings. The Morgan fingerprint density at radius 2 is 2.33 bits per heavy atom. The fourth-order valence-corrected chi connectivity index (χ4v) is 2.71. The van der Waals surface area contributed by atoms with Gasteiger partial charge >= 0.3 is 0 Å². The molecule has 1 aliphatic rings. The van der Waals surface area contributed by atoms with E-state index in [9.17, 15) is 4.79 Å². The van der Waals surface area contributed by atoms with Crippen molar-refractivity contribution in [2.75, 3.05) is 13.7 Å². The Labute approximate surface area is 122 Å². The molecule has 1 atom stereocenters. The summed E-state index contributed by atoms with van der Waals surface area (Å²) >= 11 is 0. The van der Waals surface area contributed by atoms with E-state index in [1.165, 1.54) is 0 Å². The standard InChI is InChI=1S/C14H18N4O3/c1-9-6-12(21-16-9)14(19)17-4-5-18-11(8-20-3)7-15-13(18)10(17)2/h6-7,10H,4-5,8H2,1-3H3/t10-/m0/s1. The van der Waals surface area contributed by atoms with E-state index in [4.69, 9.17) is 9.26 Å². The number of carbonyl (C=O) groups excluding carboxylic acids is 1. The summed E-state index contributed by atoms with van der Waals surface area (Å²) in [6.45, 7) is 5.60. The van der Waals surface area contributed by atoms with E-state index in [0.29, 0.717) is 25.4 Å². The van der Waals surface area contributed by atoms with Gasteiger partial charge in [0.15, 0.2) is 0 Å². The zero-order valence-corrected chi connectivity index (χ0v) is 12.4. The lowest BCUT2D eigenvalue weighted by atomic mass is 10.2. The van der Waals surface area contributed by atoms with Crippen molar-refractivity contribution in [1.29, 1.82) is 0 Å². The highest BCUT2D eigenvalue weighted by molar-refractivity contribution is 5.91. The first-order valence-electron chi connectivity index (χ1n) is 6.89. The first-order valence-corrected chi connectivity index (χ1v) is 6.89. The van der Waals surface area contributed by atoms with Gasteiger partial charge in [-0.25, -0.2) is 4.98 Å². The van der Waals surface area contributed by atoms with Crippen LogP contribution in [-0.2, 0) is 17.9 Å². The Morgan fingerprint density at radius 1 is 1.52 bits per heavy atom. The average Bonchev–Trinajstić information content (AvgIpc) is 3.07. The zero-order valence-electron chi connectivity index (χ0n) is 12.4. The Kier molecular flexibility index (Phi) is 3.50. The molecule has 21 heavy (non-hydrogen) atoms. The van der Waals surface area contributed by atoms with Gasteiger partial charge in [0.2, 0.25) is 5.76 Å². The fourth-order valence-electron chi connectivity index (χ4n) is 2.71. The highest BCUT2D eigenvalue weighted by atomic mass is 16.5. The molecule has 112 valence electrons. The van der Waals surface area contributed by atoms with Crippen LogP contribution in [0.4, 0.5) is 0 Å². The minimum Gasteiger partial charge on any atom is -0.378 e. The van der Waals surface area contributed by atoms with Crippen LogP contribution in [0.3, 0.4) is 0 Å². The molecule has 7 heteroatoms. The quantitative estimate of drug-likeness (QED) is 0.857. The number of ether oxygens (including phenoxy) is 1. The minimum atomic E-state index is -0.148. The SMILES string of the molecule is COCc1cnc2n1CCN(C(=O)c1cc(C)no1)[C@H]2C. The molecule has 0 N–H and O–H groups in total. The first-order chi connectivity index (χ1) is 10.1. The van der Waals surface area contributed by atoms with Gasteiger partial charge in [0, 0.05) is 26.3 Å². The number of hydrogen-bond donors (Lipinski definition) is 0. The largest absolute Gasteiger partial charge is 0.378 e. The smallest absolute Gasteiger partial charge is 0.293 e. The summed E-state index contributed by atoms with van der Waals surface area (Å²) in [6, 6.07) is 1.55. The molecule has 7 nitrogen and oxygen atoms in total. The van der Waals surface area contributed by atoms with Crippen molar-refractivity contribution in [3.8, 4) is 0 Å². The summed E-state index contributed by atoms with van der Waals surface area (Å²) in [6.07, 6.45) is 1.81. The van der Waals surface area contributed by atoms with Crippen LogP contribution in [0.15, 0.2) is 16.8 Å². The Bertz CT molecular complexity index is 661. The van der Waals surface area contributed by atoms with Gasteiger partial charge in [-0.2, -0.15) is 0 Å². The lowest BCUT2D eigenvalue weighted by molar-refractivity contribution is 0.0590. The third-order valence-electron chi connectivity index (χ3n) is 3.77. The summed E-state index contributed by atoms with van der Waals surface area (Å²) in [7, 11) is 1.66. The predicted octanol–water partition coefficient (Wildman–Crippen LogP) is 1.54. The average molecular weight is 290 g/mol. The summed E-state index contributed by atoms with van der Waals surface area (Å²) in [5.41, 5.74) is 1.73. The molecule has 1 amide bonds. The Morgan fingerprint density at radius 3 is 3.00 bits per heavy atom. The lowest BCUT2D eigenvalue weighted by Gasteiger charge is -2.33. The maximum Gasteiger partial charge on any atom is 0.293 e. The van der Waals surface area contributed by atoms with Gasteiger partial charge in [0.1, 0.15) is 5.82 Å². The molecule has 3 rings (SSSR count). The number of fused-ring (bicyclic) bond motifs is 1. The number of rotatable bonds is 3. The van der Waals surface area contributed by atoms with Gasteiger partial charge in [-0.05, 0) is 13.8 Å². The molecular formula is C14H18N4O3. The fraction of sp³-hybridized carbons (Fsp3) is 0.500. The van der Waals surface area contributed by atoms with Gasteiger partial charge in [-0.3, -0.25) is 4.79 Å². The van der Waals surface area contributed by atoms with E-state index in [0.717, 1.165) is 11.5 Å². The van der Waals surface area contributed by atoms with Crippen LogP contribution in [0.2, 0.25) is 0 Å². The summed E-state index contributed by atoms with van der Waals surface area (Å²) in [5, 5.41) is 3.77. The summed E-state index contributed by atoms with van der Waals surface area (Å²) in [5.74, 6) is 1.000. The van der Waals surface area contributed by atoms with E-state index >= 15 is 0 Å². The molecule has 1 aliphatic heterocycles. The van der Waals surface area contributed by atoms with Crippen molar-refractivity contribution in [2.45, 2.75) is 33.0 Å². The van der Waals surface area contributed by atoms with Crippen molar-refractivity contribution in [3.05, 3.63) is 35.2 Å². The number of hydrogen-bond acceptors (Lipinski definition) is 5. The lowest BCUT2D eigenvalue weighted by Crippen LogP contribution is -2.41. The Balaban J connectivity index is 1.85. The highest BCUT2D eigenvalue weighted by Crippen LogP contribution is 2.27. The second kappa shape index (κ2) is 5.33. The molecule has 0 spiro atoms. The van der Waals surface area contributed by atoms with E-state index in [1.807, 2.05) is 13.1 Å². The maximum absolute atomic E-state index is 12.5. The molecule has 0 unspecified atom stereocenters. The van der Waals surface area contributed by atoms with Crippen molar-refractivity contribution in [2.24, 2.45) is 0 Å². The van der Waals surface area contributed by atoms with Crippen molar-refractivity contribution < 1.29 is 14.1 Å². The van der Waals surface area contributed by atoms with Crippen LogP contribution < -0.4 is 0 Å². The first kappa shape index (κ1) is 13.8. The number of methoxy groups -OCH3 is 1. The molecule has 0 aromatic carbocycles. The maximum atomic E-state index is 12.5. The predicted molar refractivity (Wildman–Crippen MR) is 73.6 cm³/mol. The van der Waals surface area contributed by atoms with Crippen molar-refractivity contribution >= 4 is 5.91 Å². The second-order valence-corrected chi connectivity index (χ2v) is 5.20. The van der Waals surface area contributed by atoms with Crippen LogP contribution in [0.5, 0.6) is 0 Å². The number of amides is 1. The van der Waals surface area contributed by atoms with Crippen LogP contribution in [-0.4, -0.2) is 39.2 Å². The molecule has 0 radical (unpaired) electrons. The molecule has 0 saturated carbocycles. The van der Waals surface area contributed by atoms with E-state index < -0.39 is 0 Å². The topological polar surface area (TPSA) is 73.4 Å². The van der Waals surface area contributed by atoms with E-state index in [2.05, 4.69) is 14.7 Å². The van der Waals surface area contributed by atoms with Crippen LogP contribution in [0, 0.1) is 6.92 Å². The number of imidazole rings is 1. The number of nitrogens with zero attached hydrogens (tertiary/aromatic N) is 4. The summed E-state index contributed by atoms with van der Waals surface area (Å²) in [4.78, 5) is 18.7. The molecule has 3 heterocycles. The van der Waals surface area contributed by atoms with Crippen molar-refractivity contribution in [3.63, 3.8) is 0 Å². The molecule has 2 aromatic heterocycles. The number of carbonyl (C=O) groups is 1. The Hall–Kier alpha value is -2.15. The van der Waals surface area contributed by atoms with Gasteiger partial charge in [-0.15, -0.1) is 0 Å². The van der Waals surface area contributed by atoms with Crippen LogP contribution in [0.1, 0.15) is 40.7 Å². The van der Waals surface area contributed by atoms with E-state index in [1.54, 1.807) is 25.0 Å². The van der Waals surface area contributed by atoms with Crippen molar-refractivity contribution in [1.82, 2.24) is 19.6 Å². The van der Waals surface area contributed by atoms with Crippen LogP contribution >= 0.6 is 0 Å². The molecule has 0 saturated heterocycles. The monoisotopic (exact) mass is 290 g/mol. The molecule has 0 fully saturated rings. The van der Waals surface area contributed by atoms with Gasteiger partial charge in [0.25, 0.3) is 5.91 Å². The zero-order chi connectivity index (χ0) is 15.0. The number of aromatic nitrogens is 3. The van der Waals surface area contributed by atoms with Gasteiger partial charge in [0.05, 0.1) is 30.2 Å². The second-order valence-electron chi connectivity index (χ2n) is 5.20. The van der Waals surface area contributed by atoms with Gasteiger partial charge in [-0.1, -0.05) is 5.16 Å². The van der Waals surface area contributed by atoms with Gasteiger partial charge < -0.3 is 18.7 Å². The molecule has 0 bridgehead atoms.